The normalized spacial score (nSPS) is 21.2. The second-order valence-corrected chi connectivity index (χ2v) is 9.40. The topological polar surface area (TPSA) is 52.1 Å². The van der Waals surface area contributed by atoms with Gasteiger partial charge in [-0.15, -0.1) is 0 Å². The minimum Gasteiger partial charge on any atom is -0.465 e. The number of fused-ring (bicyclic) bond motifs is 1. The predicted molar refractivity (Wildman–Crippen MR) is 105 cm³/mol. The van der Waals surface area contributed by atoms with Gasteiger partial charge in [-0.25, -0.2) is 14.8 Å². The maximum Gasteiger partial charge on any atom is 0.341 e. The quantitative estimate of drug-likeness (QED) is 0.741. The summed E-state index contributed by atoms with van der Waals surface area (Å²) >= 11 is 0. The van der Waals surface area contributed by atoms with Crippen LogP contribution in [0.5, 0.6) is 0 Å². The van der Waals surface area contributed by atoms with Crippen LogP contribution >= 0.6 is 0 Å². The first kappa shape index (κ1) is 18.1. The zero-order valence-corrected chi connectivity index (χ0v) is 16.9. The smallest absolute Gasteiger partial charge is 0.341 e. The van der Waals surface area contributed by atoms with E-state index in [2.05, 4.69) is 55.9 Å². The molecule has 1 aromatic carbocycles. The first-order chi connectivity index (χ1) is 12.7. The van der Waals surface area contributed by atoms with Crippen molar-refractivity contribution in [1.29, 1.82) is 0 Å². The molecule has 4 rings (SSSR count). The largest absolute Gasteiger partial charge is 0.465 e. The first-order valence-electron chi connectivity index (χ1n) is 9.76. The van der Waals surface area contributed by atoms with Gasteiger partial charge in [0.15, 0.2) is 0 Å². The summed E-state index contributed by atoms with van der Waals surface area (Å²) < 4.78 is 4.75. The van der Waals surface area contributed by atoms with Crippen LogP contribution in [-0.2, 0) is 21.0 Å². The van der Waals surface area contributed by atoms with Gasteiger partial charge in [-0.1, -0.05) is 45.9 Å². The second kappa shape index (κ2) is 5.88. The molecule has 1 saturated carbocycles. The van der Waals surface area contributed by atoms with Crippen LogP contribution in [0, 0.1) is 0 Å². The molecule has 2 aromatic rings. The van der Waals surface area contributed by atoms with Gasteiger partial charge in [0.2, 0.25) is 0 Å². The molecular formula is C23H28N2O2. The van der Waals surface area contributed by atoms with Crippen LogP contribution in [0.2, 0.25) is 0 Å². The van der Waals surface area contributed by atoms with E-state index in [0.29, 0.717) is 5.56 Å². The number of carbonyl (C=O) groups excluding carboxylic acids is 1. The fraction of sp³-hybridized carbons (Fsp3) is 0.522. The van der Waals surface area contributed by atoms with Crippen molar-refractivity contribution in [3.63, 3.8) is 0 Å². The van der Waals surface area contributed by atoms with Crippen LogP contribution < -0.4 is 0 Å². The van der Waals surface area contributed by atoms with Crippen LogP contribution in [0.25, 0.3) is 0 Å². The van der Waals surface area contributed by atoms with Crippen molar-refractivity contribution >= 4 is 5.97 Å². The predicted octanol–water partition coefficient (Wildman–Crippen LogP) is 4.69. The number of ether oxygens (including phenoxy) is 1. The van der Waals surface area contributed by atoms with Gasteiger partial charge in [0.25, 0.3) is 0 Å². The van der Waals surface area contributed by atoms with E-state index in [1.165, 1.54) is 36.6 Å². The molecule has 2 aliphatic carbocycles. The molecule has 0 radical (unpaired) electrons. The minimum atomic E-state index is -0.399. The molecule has 0 spiro atoms. The van der Waals surface area contributed by atoms with Crippen molar-refractivity contribution in [3.05, 3.63) is 58.7 Å². The average molecular weight is 364 g/mol. The Balaban J connectivity index is 1.75. The minimum absolute atomic E-state index is 0.110. The SMILES string of the molecule is COC(=O)c1cnc(C2(c3ccc4c(c3)C(C)(C)CCC4(C)C)CC2)nc1. The maximum absolute atomic E-state index is 11.7. The van der Waals surface area contributed by atoms with Crippen LogP contribution in [0.3, 0.4) is 0 Å². The van der Waals surface area contributed by atoms with E-state index in [0.717, 1.165) is 18.7 Å². The molecule has 2 aliphatic rings. The molecule has 0 unspecified atom stereocenters. The molecule has 0 saturated heterocycles. The Kier molecular flexibility index (Phi) is 3.95. The Morgan fingerprint density at radius 1 is 0.926 bits per heavy atom. The monoisotopic (exact) mass is 364 g/mol. The van der Waals surface area contributed by atoms with Crippen molar-refractivity contribution < 1.29 is 9.53 Å². The zero-order valence-electron chi connectivity index (χ0n) is 16.9. The number of methoxy groups -OCH3 is 1. The molecule has 1 fully saturated rings. The molecule has 0 atom stereocenters. The van der Waals surface area contributed by atoms with Gasteiger partial charge in [-0.05, 0) is 53.2 Å². The molecule has 27 heavy (non-hydrogen) atoms. The van der Waals surface area contributed by atoms with E-state index >= 15 is 0 Å². The number of nitrogens with zero attached hydrogens (tertiary/aromatic N) is 2. The van der Waals surface area contributed by atoms with Gasteiger partial charge < -0.3 is 4.74 Å². The number of carbonyl (C=O) groups is 1. The van der Waals surface area contributed by atoms with E-state index in [1.54, 1.807) is 12.4 Å². The van der Waals surface area contributed by atoms with Crippen LogP contribution in [0.15, 0.2) is 30.6 Å². The fourth-order valence-corrected chi connectivity index (χ4v) is 4.45. The molecule has 0 N–H and O–H groups in total. The first-order valence-corrected chi connectivity index (χ1v) is 9.76. The molecule has 1 heterocycles. The summed E-state index contributed by atoms with van der Waals surface area (Å²) in [5, 5.41) is 0. The molecule has 4 heteroatoms. The molecule has 4 nitrogen and oxygen atoms in total. The third-order valence-electron chi connectivity index (χ3n) is 6.66. The van der Waals surface area contributed by atoms with Crippen LogP contribution in [0.4, 0.5) is 0 Å². The van der Waals surface area contributed by atoms with E-state index in [9.17, 15) is 4.79 Å². The zero-order chi connectivity index (χ0) is 19.4. The van der Waals surface area contributed by atoms with Crippen LogP contribution in [0.1, 0.15) is 86.3 Å². The summed E-state index contributed by atoms with van der Waals surface area (Å²) in [6.07, 6.45) is 7.68. The Bertz CT molecular complexity index is 893. The van der Waals surface area contributed by atoms with Gasteiger partial charge in [-0.2, -0.15) is 0 Å². The summed E-state index contributed by atoms with van der Waals surface area (Å²) in [5.74, 6) is 0.409. The molecule has 0 amide bonds. The van der Waals surface area contributed by atoms with Gasteiger partial charge in [0.05, 0.1) is 18.1 Å². The lowest BCUT2D eigenvalue weighted by molar-refractivity contribution is 0.0599. The van der Waals surface area contributed by atoms with Gasteiger partial charge >= 0.3 is 5.97 Å². The maximum atomic E-state index is 11.7. The van der Waals surface area contributed by atoms with Gasteiger partial charge in [0, 0.05) is 12.4 Å². The standard InChI is InChI=1S/C23H28N2O2/c1-21(2)8-9-22(3,4)18-12-16(6-7-17(18)21)23(10-11-23)20-24-13-15(14-25-20)19(26)27-5/h6-7,12-14H,8-11H2,1-5H3. The highest BCUT2D eigenvalue weighted by molar-refractivity contribution is 5.88. The summed E-state index contributed by atoms with van der Waals surface area (Å²) in [7, 11) is 1.37. The second-order valence-electron chi connectivity index (χ2n) is 9.40. The number of benzene rings is 1. The Morgan fingerprint density at radius 3 is 2.07 bits per heavy atom. The molecule has 142 valence electrons. The number of esters is 1. The van der Waals surface area contributed by atoms with Crippen molar-refractivity contribution in [2.24, 2.45) is 0 Å². The van der Waals surface area contributed by atoms with Crippen molar-refractivity contribution in [2.75, 3.05) is 7.11 Å². The summed E-state index contributed by atoms with van der Waals surface area (Å²) in [6, 6.07) is 7.00. The Labute approximate surface area is 161 Å². The lowest BCUT2D eigenvalue weighted by Gasteiger charge is -2.42. The highest BCUT2D eigenvalue weighted by Gasteiger charge is 2.49. The lowest BCUT2D eigenvalue weighted by Crippen LogP contribution is -2.34. The van der Waals surface area contributed by atoms with Gasteiger partial charge in [0.1, 0.15) is 5.82 Å². The number of hydrogen-bond donors (Lipinski definition) is 0. The van der Waals surface area contributed by atoms with E-state index in [1.807, 2.05) is 0 Å². The van der Waals surface area contributed by atoms with Gasteiger partial charge in [-0.3, -0.25) is 0 Å². The van der Waals surface area contributed by atoms with Crippen molar-refractivity contribution in [2.45, 2.75) is 69.6 Å². The molecular weight excluding hydrogens is 336 g/mol. The molecule has 1 aromatic heterocycles. The van der Waals surface area contributed by atoms with Crippen LogP contribution in [-0.4, -0.2) is 23.0 Å². The number of aromatic nitrogens is 2. The van der Waals surface area contributed by atoms with Crippen molar-refractivity contribution in [1.82, 2.24) is 9.97 Å². The fourth-order valence-electron chi connectivity index (χ4n) is 4.45. The Morgan fingerprint density at radius 2 is 1.52 bits per heavy atom. The average Bonchev–Trinajstić information content (AvgIpc) is 3.47. The molecule has 0 bridgehead atoms. The highest BCUT2D eigenvalue weighted by Crippen LogP contribution is 2.54. The van der Waals surface area contributed by atoms with E-state index in [-0.39, 0.29) is 16.2 Å². The third-order valence-corrected chi connectivity index (χ3v) is 6.66. The van der Waals surface area contributed by atoms with E-state index in [4.69, 9.17) is 4.74 Å². The molecule has 0 aliphatic heterocycles. The third kappa shape index (κ3) is 2.86. The number of hydrogen-bond acceptors (Lipinski definition) is 4. The number of rotatable bonds is 3. The Hall–Kier alpha value is -2.23. The lowest BCUT2D eigenvalue weighted by atomic mass is 9.62. The summed E-state index contributed by atoms with van der Waals surface area (Å²) in [6.45, 7) is 9.41. The van der Waals surface area contributed by atoms with Crippen molar-refractivity contribution in [3.8, 4) is 0 Å². The highest BCUT2D eigenvalue weighted by atomic mass is 16.5. The van der Waals surface area contributed by atoms with E-state index < -0.39 is 5.97 Å². The summed E-state index contributed by atoms with van der Waals surface area (Å²) in [4.78, 5) is 20.7. The summed E-state index contributed by atoms with van der Waals surface area (Å²) in [5.41, 5.74) is 4.93.